The van der Waals surface area contributed by atoms with Crippen LogP contribution in [-0.4, -0.2) is 35.3 Å². The van der Waals surface area contributed by atoms with Crippen molar-refractivity contribution in [2.75, 3.05) is 20.0 Å². The molecule has 0 aliphatic heterocycles. The second-order valence-electron chi connectivity index (χ2n) is 5.75. The van der Waals surface area contributed by atoms with Crippen molar-refractivity contribution in [2.24, 2.45) is 0 Å². The smallest absolute Gasteiger partial charge is 0.303 e. The molecule has 0 saturated carbocycles. The van der Waals surface area contributed by atoms with Crippen molar-refractivity contribution in [3.8, 4) is 22.9 Å². The zero-order valence-corrected chi connectivity index (χ0v) is 14.5. The number of rotatable bonds is 6. The first-order valence-electron chi connectivity index (χ1n) is 8.02. The van der Waals surface area contributed by atoms with Crippen molar-refractivity contribution in [3.05, 3.63) is 42.0 Å². The van der Waals surface area contributed by atoms with Crippen LogP contribution in [0.1, 0.15) is 12.0 Å². The molecule has 0 aliphatic rings. The topological polar surface area (TPSA) is 108 Å². The van der Waals surface area contributed by atoms with E-state index < -0.39 is 5.97 Å². The van der Waals surface area contributed by atoms with E-state index in [4.69, 9.17) is 20.3 Å². The number of aryl methyl sites for hydroxylation is 1. The van der Waals surface area contributed by atoms with Gasteiger partial charge < -0.3 is 20.3 Å². The van der Waals surface area contributed by atoms with Gasteiger partial charge >= 0.3 is 5.97 Å². The predicted octanol–water partition coefficient (Wildman–Crippen LogP) is 2.91. The molecule has 0 bridgehead atoms. The third-order valence-corrected chi connectivity index (χ3v) is 4.07. The summed E-state index contributed by atoms with van der Waals surface area (Å²) in [6.45, 7) is 0. The number of methoxy groups -OCH3 is 2. The molecule has 0 saturated heterocycles. The van der Waals surface area contributed by atoms with Crippen LogP contribution >= 0.6 is 0 Å². The van der Waals surface area contributed by atoms with Crippen molar-refractivity contribution >= 4 is 22.7 Å². The molecular formula is C19H19N3O4. The number of anilines is 1. The Bertz CT molecular complexity index is 955. The van der Waals surface area contributed by atoms with Crippen LogP contribution in [0.2, 0.25) is 0 Å². The molecule has 26 heavy (non-hydrogen) atoms. The second-order valence-corrected chi connectivity index (χ2v) is 5.75. The number of nitrogens with zero attached hydrogens (tertiary/aromatic N) is 2. The minimum atomic E-state index is -0.816. The zero-order valence-electron chi connectivity index (χ0n) is 14.5. The van der Waals surface area contributed by atoms with Crippen molar-refractivity contribution < 1.29 is 19.4 Å². The van der Waals surface area contributed by atoms with Crippen LogP contribution < -0.4 is 15.2 Å². The SMILES string of the molecule is COc1cc2nc(-c3ccc(CCC(=O)O)cc3)nc(N)c2cc1OC. The number of carbonyl (C=O) groups is 1. The number of benzene rings is 2. The molecule has 3 rings (SSSR count). The Kier molecular flexibility index (Phi) is 4.88. The zero-order chi connectivity index (χ0) is 18.7. The standard InChI is InChI=1S/C19H19N3O4/c1-25-15-9-13-14(10-16(15)26-2)21-19(22-18(13)20)12-6-3-11(4-7-12)5-8-17(23)24/h3-4,6-7,9-10H,5,8H2,1-2H3,(H,23,24)(H2,20,21,22). The number of carboxylic acids is 1. The fourth-order valence-corrected chi connectivity index (χ4v) is 2.68. The minimum absolute atomic E-state index is 0.0976. The van der Waals surface area contributed by atoms with Gasteiger partial charge in [-0.3, -0.25) is 4.79 Å². The maximum atomic E-state index is 10.7. The van der Waals surface area contributed by atoms with E-state index >= 15 is 0 Å². The number of hydrogen-bond donors (Lipinski definition) is 2. The summed E-state index contributed by atoms with van der Waals surface area (Å²) in [4.78, 5) is 19.6. The normalized spacial score (nSPS) is 10.7. The molecule has 0 fully saturated rings. The quantitative estimate of drug-likeness (QED) is 0.701. The molecule has 0 aliphatic carbocycles. The monoisotopic (exact) mass is 353 g/mol. The van der Waals surface area contributed by atoms with Gasteiger partial charge in [-0.2, -0.15) is 0 Å². The highest BCUT2D eigenvalue weighted by Gasteiger charge is 2.12. The van der Waals surface area contributed by atoms with Gasteiger partial charge in [-0.25, -0.2) is 9.97 Å². The average Bonchev–Trinajstić information content (AvgIpc) is 2.65. The predicted molar refractivity (Wildman–Crippen MR) is 98.4 cm³/mol. The number of carboxylic acid groups (broad SMARTS) is 1. The van der Waals surface area contributed by atoms with Crippen molar-refractivity contribution in [2.45, 2.75) is 12.8 Å². The Hall–Kier alpha value is -3.35. The molecule has 3 aromatic rings. The number of nitrogens with two attached hydrogens (primary N) is 1. The summed E-state index contributed by atoms with van der Waals surface area (Å²) in [5.74, 6) is 1.15. The number of nitrogen functional groups attached to an aromatic ring is 1. The average molecular weight is 353 g/mol. The maximum Gasteiger partial charge on any atom is 0.303 e. The summed E-state index contributed by atoms with van der Waals surface area (Å²) in [6, 6.07) is 11.0. The Morgan fingerprint density at radius 1 is 1.08 bits per heavy atom. The molecular weight excluding hydrogens is 334 g/mol. The number of hydrogen-bond acceptors (Lipinski definition) is 6. The molecule has 0 radical (unpaired) electrons. The van der Waals surface area contributed by atoms with Gasteiger partial charge in [0.15, 0.2) is 17.3 Å². The van der Waals surface area contributed by atoms with Gasteiger partial charge in [-0.05, 0) is 18.1 Å². The van der Waals surface area contributed by atoms with Gasteiger partial charge in [-0.15, -0.1) is 0 Å². The van der Waals surface area contributed by atoms with Crippen LogP contribution in [0.25, 0.3) is 22.3 Å². The van der Waals surface area contributed by atoms with Gasteiger partial charge in [0.25, 0.3) is 0 Å². The van der Waals surface area contributed by atoms with Crippen LogP contribution in [0.3, 0.4) is 0 Å². The van der Waals surface area contributed by atoms with Gasteiger partial charge in [-0.1, -0.05) is 24.3 Å². The Morgan fingerprint density at radius 3 is 2.35 bits per heavy atom. The number of aliphatic carboxylic acids is 1. The first-order valence-corrected chi connectivity index (χ1v) is 8.02. The lowest BCUT2D eigenvalue weighted by atomic mass is 10.1. The van der Waals surface area contributed by atoms with E-state index in [0.29, 0.717) is 40.5 Å². The Morgan fingerprint density at radius 2 is 1.73 bits per heavy atom. The highest BCUT2D eigenvalue weighted by atomic mass is 16.5. The lowest BCUT2D eigenvalue weighted by molar-refractivity contribution is -0.136. The molecule has 0 atom stereocenters. The number of fused-ring (bicyclic) bond motifs is 1. The number of ether oxygens (including phenoxy) is 2. The van der Waals surface area contributed by atoms with Gasteiger partial charge in [0.1, 0.15) is 5.82 Å². The van der Waals surface area contributed by atoms with Crippen LogP contribution in [-0.2, 0) is 11.2 Å². The van der Waals surface area contributed by atoms with Crippen LogP contribution in [0.4, 0.5) is 5.82 Å². The van der Waals surface area contributed by atoms with Gasteiger partial charge in [0.05, 0.1) is 19.7 Å². The maximum absolute atomic E-state index is 10.7. The van der Waals surface area contributed by atoms with Gasteiger partial charge in [0.2, 0.25) is 0 Å². The van der Waals surface area contributed by atoms with E-state index in [9.17, 15) is 4.79 Å². The molecule has 7 heteroatoms. The van der Waals surface area contributed by atoms with Gasteiger partial charge in [0, 0.05) is 23.4 Å². The van der Waals surface area contributed by atoms with E-state index in [1.807, 2.05) is 24.3 Å². The largest absolute Gasteiger partial charge is 0.493 e. The molecule has 0 unspecified atom stereocenters. The summed E-state index contributed by atoms with van der Waals surface area (Å²) in [7, 11) is 3.12. The van der Waals surface area contributed by atoms with E-state index in [1.54, 1.807) is 26.4 Å². The molecule has 7 nitrogen and oxygen atoms in total. The molecule has 0 amide bonds. The molecule has 1 aromatic heterocycles. The van der Waals surface area contributed by atoms with E-state index in [1.165, 1.54) is 0 Å². The summed E-state index contributed by atoms with van der Waals surface area (Å²) in [5.41, 5.74) is 8.50. The van der Waals surface area contributed by atoms with Crippen molar-refractivity contribution in [1.82, 2.24) is 9.97 Å². The number of aromatic nitrogens is 2. The van der Waals surface area contributed by atoms with E-state index in [2.05, 4.69) is 9.97 Å². The Labute approximate surface area is 150 Å². The highest BCUT2D eigenvalue weighted by Crippen LogP contribution is 2.34. The van der Waals surface area contributed by atoms with Crippen molar-refractivity contribution in [1.29, 1.82) is 0 Å². The van der Waals surface area contributed by atoms with Crippen LogP contribution in [0.15, 0.2) is 36.4 Å². The molecule has 134 valence electrons. The first-order chi connectivity index (χ1) is 12.5. The summed E-state index contributed by atoms with van der Waals surface area (Å²) < 4.78 is 10.6. The highest BCUT2D eigenvalue weighted by molar-refractivity contribution is 5.92. The summed E-state index contributed by atoms with van der Waals surface area (Å²) >= 11 is 0. The fourth-order valence-electron chi connectivity index (χ4n) is 2.68. The Balaban J connectivity index is 1.98. The second kappa shape index (κ2) is 7.26. The summed E-state index contributed by atoms with van der Waals surface area (Å²) in [5, 5.41) is 9.45. The fraction of sp³-hybridized carbons (Fsp3) is 0.211. The van der Waals surface area contributed by atoms with E-state index in [0.717, 1.165) is 11.1 Å². The van der Waals surface area contributed by atoms with Crippen LogP contribution in [0, 0.1) is 0 Å². The first kappa shape index (κ1) is 17.5. The molecule has 3 N–H and O–H groups in total. The lowest BCUT2D eigenvalue weighted by Gasteiger charge is -2.11. The molecule has 2 aromatic carbocycles. The third kappa shape index (κ3) is 3.51. The summed E-state index contributed by atoms with van der Waals surface area (Å²) in [6.07, 6.45) is 0.577. The molecule has 0 spiro atoms. The van der Waals surface area contributed by atoms with Crippen LogP contribution in [0.5, 0.6) is 11.5 Å². The van der Waals surface area contributed by atoms with E-state index in [-0.39, 0.29) is 6.42 Å². The molecule has 1 heterocycles. The lowest BCUT2D eigenvalue weighted by Crippen LogP contribution is -2.00. The van der Waals surface area contributed by atoms with Crippen molar-refractivity contribution in [3.63, 3.8) is 0 Å². The third-order valence-electron chi connectivity index (χ3n) is 4.07. The minimum Gasteiger partial charge on any atom is -0.493 e.